The summed E-state index contributed by atoms with van der Waals surface area (Å²) in [5, 5.41) is 2.78. The van der Waals surface area contributed by atoms with Gasteiger partial charge in [-0.05, 0) is 54.1 Å². The van der Waals surface area contributed by atoms with Crippen molar-refractivity contribution in [1.29, 1.82) is 0 Å². The highest BCUT2D eigenvalue weighted by atomic mass is 79.9. The molecule has 0 fully saturated rings. The maximum atomic E-state index is 12.6. The molecule has 166 valence electrons. The van der Waals surface area contributed by atoms with Crippen molar-refractivity contribution in [3.63, 3.8) is 0 Å². The van der Waals surface area contributed by atoms with Gasteiger partial charge in [0.25, 0.3) is 0 Å². The van der Waals surface area contributed by atoms with Crippen LogP contribution in [0.15, 0.2) is 57.4 Å². The lowest BCUT2D eigenvalue weighted by atomic mass is 10.0. The fourth-order valence-corrected chi connectivity index (χ4v) is 4.05. The summed E-state index contributed by atoms with van der Waals surface area (Å²) in [6.45, 7) is 2.55. The molecule has 0 amide bonds. The Balaban J connectivity index is 1.63. The first kappa shape index (κ1) is 22.2. The smallest absolute Gasteiger partial charge is 0.342 e. The number of hydrogen-bond acceptors (Lipinski definition) is 6. The van der Waals surface area contributed by atoms with Gasteiger partial charge in [0.2, 0.25) is 0 Å². The normalized spacial score (nSPS) is 11.1. The number of furan rings is 1. The number of hydrogen-bond donors (Lipinski definition) is 0. The zero-order chi connectivity index (χ0) is 22.7. The van der Waals surface area contributed by atoms with Crippen molar-refractivity contribution in [2.45, 2.75) is 13.5 Å². The van der Waals surface area contributed by atoms with Gasteiger partial charge in [0, 0.05) is 22.5 Å². The Morgan fingerprint density at radius 3 is 2.62 bits per heavy atom. The number of fused-ring (bicyclic) bond motifs is 2. The molecule has 0 spiro atoms. The molecular formula is C25H23BrO6. The zero-order valence-electron chi connectivity index (χ0n) is 18.1. The molecular weight excluding hydrogens is 476 g/mol. The lowest BCUT2D eigenvalue weighted by Crippen LogP contribution is -2.10. The Labute approximate surface area is 194 Å². The van der Waals surface area contributed by atoms with Crippen LogP contribution in [-0.4, -0.2) is 33.4 Å². The summed E-state index contributed by atoms with van der Waals surface area (Å²) < 4.78 is 28.7. The number of aryl methyl sites for hydroxylation is 1. The van der Waals surface area contributed by atoms with E-state index in [0.717, 1.165) is 26.6 Å². The molecule has 0 saturated carbocycles. The van der Waals surface area contributed by atoms with Crippen LogP contribution in [0.4, 0.5) is 0 Å². The predicted molar refractivity (Wildman–Crippen MR) is 126 cm³/mol. The monoisotopic (exact) mass is 498 g/mol. The van der Waals surface area contributed by atoms with Gasteiger partial charge in [0.15, 0.2) is 0 Å². The molecule has 0 aliphatic rings. The van der Waals surface area contributed by atoms with Gasteiger partial charge in [-0.1, -0.05) is 28.1 Å². The van der Waals surface area contributed by atoms with Crippen LogP contribution < -0.4 is 9.47 Å². The molecule has 0 aliphatic heterocycles. The van der Waals surface area contributed by atoms with Gasteiger partial charge in [0.05, 0.1) is 13.7 Å². The van der Waals surface area contributed by atoms with Crippen LogP contribution in [-0.2, 0) is 16.1 Å². The van der Waals surface area contributed by atoms with E-state index in [4.69, 9.17) is 23.4 Å². The number of benzene rings is 3. The van der Waals surface area contributed by atoms with E-state index in [0.29, 0.717) is 41.3 Å². The Kier molecular flexibility index (Phi) is 6.67. The van der Waals surface area contributed by atoms with Crippen LogP contribution in [0.3, 0.4) is 0 Å². The quantitative estimate of drug-likeness (QED) is 0.217. The maximum absolute atomic E-state index is 12.6. The van der Waals surface area contributed by atoms with E-state index >= 15 is 0 Å². The Bertz CT molecular complexity index is 1280. The van der Waals surface area contributed by atoms with E-state index in [9.17, 15) is 4.79 Å². The predicted octanol–water partition coefficient (Wildman–Crippen LogP) is 6.05. The molecule has 0 atom stereocenters. The van der Waals surface area contributed by atoms with Crippen LogP contribution in [0.5, 0.6) is 11.5 Å². The number of ether oxygens (including phenoxy) is 4. The molecule has 4 aromatic rings. The molecule has 0 saturated heterocycles. The fraction of sp³-hybridized carbons (Fsp3) is 0.240. The summed E-state index contributed by atoms with van der Waals surface area (Å²) in [7, 11) is 3.20. The molecule has 0 unspecified atom stereocenters. The number of carbonyl (C=O) groups excluding carboxylic acids is 1. The van der Waals surface area contributed by atoms with Crippen LogP contribution in [0.1, 0.15) is 21.7 Å². The largest absolute Gasteiger partial charge is 0.496 e. The second-order valence-corrected chi connectivity index (χ2v) is 8.14. The van der Waals surface area contributed by atoms with Crippen molar-refractivity contribution in [1.82, 2.24) is 0 Å². The minimum atomic E-state index is -0.447. The molecule has 0 aliphatic carbocycles. The third kappa shape index (κ3) is 4.45. The Hall–Kier alpha value is -3.03. The summed E-state index contributed by atoms with van der Waals surface area (Å²) in [5.41, 5.74) is 1.94. The summed E-state index contributed by atoms with van der Waals surface area (Å²) in [6.07, 6.45) is 0. The van der Waals surface area contributed by atoms with Crippen molar-refractivity contribution >= 4 is 43.6 Å². The third-order valence-corrected chi connectivity index (χ3v) is 5.71. The van der Waals surface area contributed by atoms with Gasteiger partial charge in [-0.2, -0.15) is 0 Å². The zero-order valence-corrected chi connectivity index (χ0v) is 19.7. The first-order valence-electron chi connectivity index (χ1n) is 10.1. The van der Waals surface area contributed by atoms with Crippen LogP contribution in [0, 0.1) is 6.92 Å². The van der Waals surface area contributed by atoms with Crippen molar-refractivity contribution in [3.8, 4) is 11.5 Å². The second kappa shape index (κ2) is 9.63. The summed E-state index contributed by atoms with van der Waals surface area (Å²) in [6, 6.07) is 15.5. The SMILES string of the molecule is COCCOC(=O)c1c(C)oc2ccc(OCc3c(OC)ccc4cc(Br)ccc34)cc12. The summed E-state index contributed by atoms with van der Waals surface area (Å²) >= 11 is 3.52. The van der Waals surface area contributed by atoms with Gasteiger partial charge in [-0.15, -0.1) is 0 Å². The van der Waals surface area contributed by atoms with Gasteiger partial charge >= 0.3 is 5.97 Å². The number of carbonyl (C=O) groups is 1. The summed E-state index contributed by atoms with van der Waals surface area (Å²) in [5.74, 6) is 1.42. The Morgan fingerprint density at radius 1 is 1.00 bits per heavy atom. The molecule has 0 bridgehead atoms. The van der Waals surface area contributed by atoms with Crippen molar-refractivity contribution in [2.24, 2.45) is 0 Å². The van der Waals surface area contributed by atoms with E-state index in [2.05, 4.69) is 22.0 Å². The number of rotatable bonds is 8. The first-order chi connectivity index (χ1) is 15.5. The number of methoxy groups -OCH3 is 2. The molecule has 6 nitrogen and oxygen atoms in total. The van der Waals surface area contributed by atoms with E-state index in [1.165, 1.54) is 0 Å². The highest BCUT2D eigenvalue weighted by molar-refractivity contribution is 9.10. The lowest BCUT2D eigenvalue weighted by molar-refractivity contribution is 0.0388. The molecule has 0 radical (unpaired) electrons. The Morgan fingerprint density at radius 2 is 1.84 bits per heavy atom. The maximum Gasteiger partial charge on any atom is 0.342 e. The minimum absolute atomic E-state index is 0.175. The van der Waals surface area contributed by atoms with E-state index < -0.39 is 5.97 Å². The van der Waals surface area contributed by atoms with Crippen LogP contribution >= 0.6 is 15.9 Å². The minimum Gasteiger partial charge on any atom is -0.496 e. The fourth-order valence-electron chi connectivity index (χ4n) is 3.67. The number of esters is 1. The molecule has 7 heteroatoms. The van der Waals surface area contributed by atoms with Gasteiger partial charge in [-0.25, -0.2) is 4.79 Å². The van der Waals surface area contributed by atoms with Crippen LogP contribution in [0.2, 0.25) is 0 Å². The van der Waals surface area contributed by atoms with Crippen molar-refractivity contribution < 1.29 is 28.2 Å². The van der Waals surface area contributed by atoms with Gasteiger partial charge in [0.1, 0.15) is 41.6 Å². The first-order valence-corrected chi connectivity index (χ1v) is 10.9. The molecule has 1 aromatic heterocycles. The molecule has 1 heterocycles. The third-order valence-electron chi connectivity index (χ3n) is 5.21. The lowest BCUT2D eigenvalue weighted by Gasteiger charge is -2.14. The van der Waals surface area contributed by atoms with Crippen LogP contribution in [0.25, 0.3) is 21.7 Å². The standard InChI is InChI=1S/C25H23BrO6/c1-15-24(25(27)30-11-10-28-2)20-13-18(6-9-23(20)32-15)31-14-21-19-7-5-17(26)12-16(19)4-8-22(21)29-3/h4-9,12-13H,10-11,14H2,1-3H3. The average Bonchev–Trinajstić information content (AvgIpc) is 3.12. The molecule has 0 N–H and O–H groups in total. The highest BCUT2D eigenvalue weighted by Gasteiger charge is 2.20. The van der Waals surface area contributed by atoms with E-state index in [1.54, 1.807) is 33.3 Å². The topological polar surface area (TPSA) is 67.1 Å². The number of halogens is 1. The molecule has 3 aromatic carbocycles. The van der Waals surface area contributed by atoms with Gasteiger partial charge in [-0.3, -0.25) is 0 Å². The van der Waals surface area contributed by atoms with Gasteiger partial charge < -0.3 is 23.4 Å². The van der Waals surface area contributed by atoms with E-state index in [1.807, 2.05) is 30.3 Å². The molecule has 4 rings (SSSR count). The van der Waals surface area contributed by atoms with Crippen molar-refractivity contribution in [3.05, 3.63) is 69.9 Å². The van der Waals surface area contributed by atoms with Crippen molar-refractivity contribution in [2.75, 3.05) is 27.4 Å². The van der Waals surface area contributed by atoms with E-state index in [-0.39, 0.29) is 6.61 Å². The average molecular weight is 499 g/mol. The second-order valence-electron chi connectivity index (χ2n) is 7.22. The summed E-state index contributed by atoms with van der Waals surface area (Å²) in [4.78, 5) is 12.6. The molecule has 32 heavy (non-hydrogen) atoms. The highest BCUT2D eigenvalue weighted by Crippen LogP contribution is 2.33.